The van der Waals surface area contributed by atoms with Crippen molar-refractivity contribution >= 4 is 9.84 Å². The standard InChI is InChI=1S/C11H15FO3S/c1-3-9(7-13)16(14,15)10-4-5-11(12)8(2)6-10/h4-6,9,13H,3,7H2,1-2H3. The van der Waals surface area contributed by atoms with Crippen LogP contribution in [0.1, 0.15) is 18.9 Å². The van der Waals surface area contributed by atoms with Crippen molar-refractivity contribution in [1.82, 2.24) is 0 Å². The van der Waals surface area contributed by atoms with Crippen LogP contribution in [0.3, 0.4) is 0 Å². The molecule has 0 saturated heterocycles. The van der Waals surface area contributed by atoms with Gasteiger partial charge in [-0.3, -0.25) is 0 Å². The first kappa shape index (κ1) is 13.1. The molecule has 3 nitrogen and oxygen atoms in total. The zero-order valence-corrected chi connectivity index (χ0v) is 10.1. The van der Waals surface area contributed by atoms with Gasteiger partial charge in [-0.25, -0.2) is 12.8 Å². The van der Waals surface area contributed by atoms with Crippen molar-refractivity contribution in [2.45, 2.75) is 30.4 Å². The van der Waals surface area contributed by atoms with Crippen molar-refractivity contribution in [3.8, 4) is 0 Å². The predicted octanol–water partition coefficient (Wildman–Crippen LogP) is 1.68. The van der Waals surface area contributed by atoms with Crippen LogP contribution in [0.4, 0.5) is 4.39 Å². The molecular formula is C11H15FO3S. The third kappa shape index (κ3) is 2.41. The zero-order chi connectivity index (χ0) is 12.3. The van der Waals surface area contributed by atoms with E-state index in [-0.39, 0.29) is 10.5 Å². The smallest absolute Gasteiger partial charge is 0.183 e. The van der Waals surface area contributed by atoms with E-state index in [0.717, 1.165) is 6.07 Å². The molecule has 0 aromatic heterocycles. The third-order valence-electron chi connectivity index (χ3n) is 2.56. The monoisotopic (exact) mass is 246 g/mol. The molecule has 0 heterocycles. The highest BCUT2D eigenvalue weighted by molar-refractivity contribution is 7.92. The molecule has 0 amide bonds. The highest BCUT2D eigenvalue weighted by atomic mass is 32.2. The fourth-order valence-corrected chi connectivity index (χ4v) is 3.05. The normalized spacial score (nSPS) is 13.8. The van der Waals surface area contributed by atoms with Crippen molar-refractivity contribution < 1.29 is 17.9 Å². The fraction of sp³-hybridized carbons (Fsp3) is 0.455. The van der Waals surface area contributed by atoms with E-state index in [2.05, 4.69) is 0 Å². The molecule has 1 aromatic rings. The molecule has 1 unspecified atom stereocenters. The Labute approximate surface area is 94.8 Å². The molecule has 0 spiro atoms. The van der Waals surface area contributed by atoms with Crippen molar-refractivity contribution in [2.75, 3.05) is 6.61 Å². The molecule has 1 N–H and O–H groups in total. The van der Waals surface area contributed by atoms with Crippen LogP contribution in [0.25, 0.3) is 0 Å². The number of aryl methyl sites for hydroxylation is 1. The quantitative estimate of drug-likeness (QED) is 0.822. The van der Waals surface area contributed by atoms with E-state index in [4.69, 9.17) is 5.11 Å². The number of sulfone groups is 1. The number of halogens is 1. The fourth-order valence-electron chi connectivity index (χ4n) is 1.43. The second-order valence-corrected chi connectivity index (χ2v) is 5.90. The van der Waals surface area contributed by atoms with E-state index < -0.39 is 27.5 Å². The van der Waals surface area contributed by atoms with Crippen LogP contribution in [0, 0.1) is 12.7 Å². The molecule has 1 atom stereocenters. The summed E-state index contributed by atoms with van der Waals surface area (Å²) in [4.78, 5) is 0.0623. The third-order valence-corrected chi connectivity index (χ3v) is 4.83. The zero-order valence-electron chi connectivity index (χ0n) is 9.27. The van der Waals surface area contributed by atoms with Gasteiger partial charge in [0.25, 0.3) is 0 Å². The molecule has 0 fully saturated rings. The summed E-state index contributed by atoms with van der Waals surface area (Å²) in [5.41, 5.74) is 0.286. The highest BCUT2D eigenvalue weighted by Crippen LogP contribution is 2.20. The Morgan fingerprint density at radius 2 is 2.06 bits per heavy atom. The van der Waals surface area contributed by atoms with Gasteiger partial charge in [0.2, 0.25) is 0 Å². The van der Waals surface area contributed by atoms with E-state index in [0.29, 0.717) is 6.42 Å². The van der Waals surface area contributed by atoms with Crippen molar-refractivity contribution in [3.05, 3.63) is 29.6 Å². The average molecular weight is 246 g/mol. The van der Waals surface area contributed by atoms with Crippen LogP contribution < -0.4 is 0 Å². The van der Waals surface area contributed by atoms with Gasteiger partial charge in [-0.1, -0.05) is 6.92 Å². The van der Waals surface area contributed by atoms with Crippen LogP contribution in [-0.4, -0.2) is 25.4 Å². The minimum Gasteiger partial charge on any atom is -0.395 e. The van der Waals surface area contributed by atoms with Gasteiger partial charge < -0.3 is 5.11 Å². The van der Waals surface area contributed by atoms with Gasteiger partial charge in [0.1, 0.15) is 5.82 Å². The molecule has 1 rings (SSSR count). The summed E-state index contributed by atoms with van der Waals surface area (Å²) in [6, 6.07) is 3.66. The summed E-state index contributed by atoms with van der Waals surface area (Å²) in [6.07, 6.45) is 0.329. The molecule has 90 valence electrons. The first-order valence-electron chi connectivity index (χ1n) is 5.04. The minimum absolute atomic E-state index is 0.0623. The van der Waals surface area contributed by atoms with E-state index in [9.17, 15) is 12.8 Å². The van der Waals surface area contributed by atoms with E-state index in [1.165, 1.54) is 19.1 Å². The molecule has 0 aliphatic rings. The number of rotatable bonds is 4. The van der Waals surface area contributed by atoms with E-state index in [1.807, 2.05) is 0 Å². The summed E-state index contributed by atoms with van der Waals surface area (Å²) in [7, 11) is -3.56. The van der Waals surface area contributed by atoms with Crippen LogP contribution >= 0.6 is 0 Å². The average Bonchev–Trinajstić information content (AvgIpc) is 2.23. The lowest BCUT2D eigenvalue weighted by molar-refractivity contribution is 0.287. The largest absolute Gasteiger partial charge is 0.395 e. The molecule has 0 bridgehead atoms. The summed E-state index contributed by atoms with van der Waals surface area (Å²) < 4.78 is 37.0. The van der Waals surface area contributed by atoms with Gasteiger partial charge in [0.05, 0.1) is 16.8 Å². The van der Waals surface area contributed by atoms with Gasteiger partial charge in [0.15, 0.2) is 9.84 Å². The van der Waals surface area contributed by atoms with Gasteiger partial charge in [-0.2, -0.15) is 0 Å². The maximum Gasteiger partial charge on any atom is 0.183 e. The minimum atomic E-state index is -3.56. The van der Waals surface area contributed by atoms with Crippen LogP contribution in [0.15, 0.2) is 23.1 Å². The number of hydrogen-bond acceptors (Lipinski definition) is 3. The Balaban J connectivity index is 3.22. The molecule has 16 heavy (non-hydrogen) atoms. The second-order valence-electron chi connectivity index (χ2n) is 3.67. The Morgan fingerprint density at radius 1 is 1.44 bits per heavy atom. The number of aliphatic hydroxyl groups excluding tert-OH is 1. The maximum atomic E-state index is 13.0. The molecule has 0 aliphatic carbocycles. The molecule has 0 aliphatic heterocycles. The second kappa shape index (κ2) is 4.93. The SMILES string of the molecule is CCC(CO)S(=O)(=O)c1ccc(F)c(C)c1. The van der Waals surface area contributed by atoms with E-state index >= 15 is 0 Å². The lowest BCUT2D eigenvalue weighted by Crippen LogP contribution is -2.24. The summed E-state index contributed by atoms with van der Waals surface area (Å²) in [5, 5.41) is 8.17. The van der Waals surface area contributed by atoms with Crippen molar-refractivity contribution in [2.24, 2.45) is 0 Å². The van der Waals surface area contributed by atoms with E-state index in [1.54, 1.807) is 6.92 Å². The molecule has 5 heteroatoms. The van der Waals surface area contributed by atoms with Crippen LogP contribution in [-0.2, 0) is 9.84 Å². The number of benzene rings is 1. The van der Waals surface area contributed by atoms with Gasteiger partial charge in [-0.15, -0.1) is 0 Å². The number of hydrogen-bond donors (Lipinski definition) is 1. The first-order valence-corrected chi connectivity index (χ1v) is 6.59. The Bertz CT molecular complexity index is 464. The molecule has 1 aromatic carbocycles. The van der Waals surface area contributed by atoms with Gasteiger partial charge >= 0.3 is 0 Å². The highest BCUT2D eigenvalue weighted by Gasteiger charge is 2.25. The topological polar surface area (TPSA) is 54.4 Å². The number of aliphatic hydroxyl groups is 1. The molecule has 0 saturated carbocycles. The Morgan fingerprint density at radius 3 is 2.50 bits per heavy atom. The lowest BCUT2D eigenvalue weighted by Gasteiger charge is -2.13. The summed E-state index contributed by atoms with van der Waals surface area (Å²) >= 11 is 0. The van der Waals surface area contributed by atoms with Crippen molar-refractivity contribution in [3.63, 3.8) is 0 Å². The maximum absolute atomic E-state index is 13.0. The van der Waals surface area contributed by atoms with Crippen LogP contribution in [0.2, 0.25) is 0 Å². The predicted molar refractivity (Wildman–Crippen MR) is 59.5 cm³/mol. The summed E-state index contributed by atoms with van der Waals surface area (Å²) in [5.74, 6) is -0.434. The summed E-state index contributed by atoms with van der Waals surface area (Å²) in [6.45, 7) is 2.78. The molecular weight excluding hydrogens is 231 g/mol. The van der Waals surface area contributed by atoms with Gasteiger partial charge in [0, 0.05) is 0 Å². The van der Waals surface area contributed by atoms with Crippen molar-refractivity contribution in [1.29, 1.82) is 0 Å². The van der Waals surface area contributed by atoms with Crippen LogP contribution in [0.5, 0.6) is 0 Å². The Hall–Kier alpha value is -0.940. The molecule has 0 radical (unpaired) electrons. The lowest BCUT2D eigenvalue weighted by atomic mass is 10.2. The Kier molecular flexibility index (Phi) is 4.04. The van der Waals surface area contributed by atoms with Gasteiger partial charge in [-0.05, 0) is 37.1 Å². The first-order chi connectivity index (χ1) is 7.43.